The zero-order valence-corrected chi connectivity index (χ0v) is 13.6. The van der Waals surface area contributed by atoms with Gasteiger partial charge in [0.05, 0.1) is 16.8 Å². The first-order valence-electron chi connectivity index (χ1n) is 7.58. The molecule has 25 heavy (non-hydrogen) atoms. The monoisotopic (exact) mass is 351 g/mol. The third-order valence-electron chi connectivity index (χ3n) is 3.58. The topological polar surface area (TPSA) is 62.3 Å². The van der Waals surface area contributed by atoms with Gasteiger partial charge in [-0.25, -0.2) is 13.2 Å². The summed E-state index contributed by atoms with van der Waals surface area (Å²) in [6, 6.07) is 2.91. The molecule has 2 aromatic rings. The average molecular weight is 351 g/mol. The second-order valence-corrected chi connectivity index (χ2v) is 5.12. The number of nitrogens with one attached hydrogen (secondary N) is 1. The van der Waals surface area contributed by atoms with E-state index in [0.29, 0.717) is 19.2 Å². The lowest BCUT2D eigenvalue weighted by molar-refractivity contribution is 0.0772. The number of hydrogen-bond acceptors (Lipinski definition) is 3. The Hall–Kier alpha value is -2.90. The van der Waals surface area contributed by atoms with Crippen LogP contribution in [0.2, 0.25) is 0 Å². The minimum absolute atomic E-state index is 0.0119. The van der Waals surface area contributed by atoms with Crippen molar-refractivity contribution in [1.82, 2.24) is 9.88 Å². The summed E-state index contributed by atoms with van der Waals surface area (Å²) in [5.41, 5.74) is -0.325. The number of hydrogen-bond donors (Lipinski definition) is 1. The maximum atomic E-state index is 13.6. The van der Waals surface area contributed by atoms with Gasteiger partial charge in [0.2, 0.25) is 0 Å². The zero-order valence-electron chi connectivity index (χ0n) is 13.6. The fourth-order valence-electron chi connectivity index (χ4n) is 2.19. The number of aromatic nitrogens is 1. The Labute approximate surface area is 142 Å². The Balaban J connectivity index is 2.25. The van der Waals surface area contributed by atoms with E-state index in [0.717, 1.165) is 6.07 Å². The molecule has 0 atom stereocenters. The van der Waals surface area contributed by atoms with Crippen LogP contribution in [0.5, 0.6) is 0 Å². The highest BCUT2D eigenvalue weighted by atomic mass is 19.2. The van der Waals surface area contributed by atoms with Crippen molar-refractivity contribution in [1.29, 1.82) is 0 Å². The van der Waals surface area contributed by atoms with Crippen molar-refractivity contribution < 1.29 is 22.8 Å². The first-order valence-corrected chi connectivity index (χ1v) is 7.58. The molecular weight excluding hydrogens is 335 g/mol. The fraction of sp³-hybridized carbons (Fsp3) is 0.235. The molecule has 0 saturated carbocycles. The lowest BCUT2D eigenvalue weighted by atomic mass is 10.1. The van der Waals surface area contributed by atoms with Crippen molar-refractivity contribution in [3.8, 4) is 0 Å². The van der Waals surface area contributed by atoms with Crippen LogP contribution in [0.15, 0.2) is 30.6 Å². The molecule has 0 unspecified atom stereocenters. The van der Waals surface area contributed by atoms with Gasteiger partial charge in [0, 0.05) is 25.5 Å². The third-order valence-corrected chi connectivity index (χ3v) is 3.58. The van der Waals surface area contributed by atoms with Crippen LogP contribution in [0, 0.1) is 17.5 Å². The first kappa shape index (κ1) is 18.4. The maximum Gasteiger partial charge on any atom is 0.257 e. The Morgan fingerprint density at radius 3 is 2.32 bits per heavy atom. The first-order chi connectivity index (χ1) is 11.9. The number of amides is 2. The predicted molar refractivity (Wildman–Crippen MR) is 85.8 cm³/mol. The predicted octanol–water partition coefficient (Wildman–Crippen LogP) is 3.23. The van der Waals surface area contributed by atoms with Crippen molar-refractivity contribution in [3.63, 3.8) is 0 Å². The van der Waals surface area contributed by atoms with Crippen molar-refractivity contribution in [2.45, 2.75) is 13.8 Å². The normalized spacial score (nSPS) is 10.4. The number of nitrogens with zero attached hydrogens (tertiary/aromatic N) is 2. The molecule has 132 valence electrons. The molecule has 1 aromatic carbocycles. The highest BCUT2D eigenvalue weighted by molar-refractivity contribution is 6.05. The molecule has 1 N–H and O–H groups in total. The molecule has 8 heteroatoms. The van der Waals surface area contributed by atoms with Crippen LogP contribution in [0.3, 0.4) is 0 Å². The van der Waals surface area contributed by atoms with Gasteiger partial charge in [-0.05, 0) is 32.0 Å². The fourth-order valence-corrected chi connectivity index (χ4v) is 2.19. The molecule has 1 aromatic heterocycles. The van der Waals surface area contributed by atoms with E-state index >= 15 is 0 Å². The van der Waals surface area contributed by atoms with Gasteiger partial charge in [-0.15, -0.1) is 0 Å². The Morgan fingerprint density at radius 1 is 1.04 bits per heavy atom. The minimum Gasteiger partial charge on any atom is -0.339 e. The molecule has 2 rings (SSSR count). The molecule has 0 aliphatic carbocycles. The number of halogens is 3. The summed E-state index contributed by atoms with van der Waals surface area (Å²) in [4.78, 5) is 29.9. The largest absolute Gasteiger partial charge is 0.339 e. The van der Waals surface area contributed by atoms with Crippen LogP contribution in [0.1, 0.15) is 34.6 Å². The van der Waals surface area contributed by atoms with Gasteiger partial charge in [-0.3, -0.25) is 14.6 Å². The van der Waals surface area contributed by atoms with E-state index in [9.17, 15) is 22.8 Å². The Kier molecular flexibility index (Phi) is 5.74. The maximum absolute atomic E-state index is 13.6. The van der Waals surface area contributed by atoms with Gasteiger partial charge in [0.1, 0.15) is 0 Å². The highest BCUT2D eigenvalue weighted by Gasteiger charge is 2.18. The van der Waals surface area contributed by atoms with E-state index in [-0.39, 0.29) is 17.0 Å². The minimum atomic E-state index is -1.68. The summed E-state index contributed by atoms with van der Waals surface area (Å²) in [6.45, 7) is 4.62. The van der Waals surface area contributed by atoms with Crippen LogP contribution < -0.4 is 5.32 Å². The van der Waals surface area contributed by atoms with Gasteiger partial charge < -0.3 is 10.2 Å². The standard InChI is InChI=1S/C17H16F3N3O2/c1-3-23(4-2)17(25)11-7-10(8-21-9-11)16(24)22-13-6-5-12(18)14(19)15(13)20/h5-9H,3-4H2,1-2H3,(H,22,24). The number of carbonyl (C=O) groups excluding carboxylic acids is 2. The number of benzene rings is 1. The third kappa shape index (κ3) is 3.96. The average Bonchev–Trinajstić information content (AvgIpc) is 2.63. The van der Waals surface area contributed by atoms with Crippen molar-refractivity contribution in [3.05, 3.63) is 59.2 Å². The summed E-state index contributed by atoms with van der Waals surface area (Å²) < 4.78 is 39.8. The summed E-state index contributed by atoms with van der Waals surface area (Å²) in [6.07, 6.45) is 2.50. The van der Waals surface area contributed by atoms with Crippen molar-refractivity contribution in [2.75, 3.05) is 18.4 Å². The molecule has 1 heterocycles. The quantitative estimate of drug-likeness (QED) is 0.842. The summed E-state index contributed by atoms with van der Waals surface area (Å²) >= 11 is 0. The van der Waals surface area contributed by atoms with Crippen molar-refractivity contribution >= 4 is 17.5 Å². The molecule has 0 fully saturated rings. The van der Waals surface area contributed by atoms with Gasteiger partial charge in [-0.1, -0.05) is 0 Å². The lowest BCUT2D eigenvalue weighted by Crippen LogP contribution is -2.30. The second kappa shape index (κ2) is 7.78. The van der Waals surface area contributed by atoms with Crippen LogP contribution >= 0.6 is 0 Å². The smallest absolute Gasteiger partial charge is 0.257 e. The van der Waals surface area contributed by atoms with E-state index in [1.54, 1.807) is 4.90 Å². The SMILES string of the molecule is CCN(CC)C(=O)c1cncc(C(=O)Nc2ccc(F)c(F)c2F)c1. The van der Waals surface area contributed by atoms with E-state index in [1.165, 1.54) is 18.5 Å². The van der Waals surface area contributed by atoms with Crippen molar-refractivity contribution in [2.24, 2.45) is 0 Å². The number of pyridine rings is 1. The molecule has 0 saturated heterocycles. The highest BCUT2D eigenvalue weighted by Crippen LogP contribution is 2.20. The van der Waals surface area contributed by atoms with E-state index < -0.39 is 29.0 Å². The summed E-state index contributed by atoms with van der Waals surface area (Å²) in [7, 11) is 0. The molecule has 0 bridgehead atoms. The van der Waals surface area contributed by atoms with Gasteiger partial charge in [0.15, 0.2) is 17.5 Å². The van der Waals surface area contributed by atoms with Gasteiger partial charge >= 0.3 is 0 Å². The second-order valence-electron chi connectivity index (χ2n) is 5.12. The van der Waals surface area contributed by atoms with Gasteiger partial charge in [0.25, 0.3) is 11.8 Å². The van der Waals surface area contributed by atoms with Crippen LogP contribution in [-0.2, 0) is 0 Å². The Bertz CT molecular complexity index is 808. The van der Waals surface area contributed by atoms with Crippen LogP contribution in [0.4, 0.5) is 18.9 Å². The van der Waals surface area contributed by atoms with E-state index in [1.807, 2.05) is 13.8 Å². The van der Waals surface area contributed by atoms with Crippen LogP contribution in [0.25, 0.3) is 0 Å². The molecular formula is C17H16F3N3O2. The molecule has 0 radical (unpaired) electrons. The van der Waals surface area contributed by atoms with E-state index in [4.69, 9.17) is 0 Å². The van der Waals surface area contributed by atoms with Crippen LogP contribution in [-0.4, -0.2) is 34.8 Å². The Morgan fingerprint density at radius 2 is 1.68 bits per heavy atom. The molecule has 2 amide bonds. The van der Waals surface area contributed by atoms with Gasteiger partial charge in [-0.2, -0.15) is 0 Å². The number of carbonyl (C=O) groups is 2. The summed E-state index contributed by atoms with van der Waals surface area (Å²) in [5, 5.41) is 2.13. The zero-order chi connectivity index (χ0) is 18.6. The molecule has 5 nitrogen and oxygen atoms in total. The molecule has 0 spiro atoms. The van der Waals surface area contributed by atoms with E-state index in [2.05, 4.69) is 10.3 Å². The number of anilines is 1. The molecule has 0 aliphatic rings. The summed E-state index contributed by atoms with van der Waals surface area (Å²) in [5.74, 6) is -5.64. The molecule has 0 aliphatic heterocycles. The number of rotatable bonds is 5. The lowest BCUT2D eigenvalue weighted by Gasteiger charge is -2.18.